The molecule has 0 saturated carbocycles. The zero-order valence-electron chi connectivity index (χ0n) is 13.2. The number of anilines is 1. The highest BCUT2D eigenvalue weighted by Gasteiger charge is 2.15. The maximum atomic E-state index is 4.20. The first-order valence-corrected chi connectivity index (χ1v) is 8.03. The molecule has 0 amide bonds. The van der Waals surface area contributed by atoms with E-state index in [1.165, 1.54) is 16.5 Å². The molecule has 1 atom stereocenters. The van der Waals surface area contributed by atoms with Gasteiger partial charge >= 0.3 is 0 Å². The van der Waals surface area contributed by atoms with E-state index < -0.39 is 0 Å². The van der Waals surface area contributed by atoms with Gasteiger partial charge in [0.1, 0.15) is 0 Å². The third-order valence-corrected chi connectivity index (χ3v) is 4.11. The molecule has 2 heterocycles. The van der Waals surface area contributed by atoms with E-state index >= 15 is 0 Å². The standard InChI is InChI=1S/C21H18N3/c1-2-7-16(8-3-1)21(24-18-9-6-12-22-15-18)13-17-14-23-20-11-5-4-10-19(17)20/h1-15,21,23-24H. The molecule has 0 aliphatic rings. The van der Waals surface area contributed by atoms with Gasteiger partial charge in [-0.1, -0.05) is 48.5 Å². The molecule has 24 heavy (non-hydrogen) atoms. The van der Waals surface area contributed by atoms with Crippen LogP contribution in [-0.2, 0) is 0 Å². The number of pyridine rings is 1. The van der Waals surface area contributed by atoms with Crippen molar-refractivity contribution in [3.8, 4) is 0 Å². The van der Waals surface area contributed by atoms with Gasteiger partial charge in [-0.3, -0.25) is 4.98 Å². The van der Waals surface area contributed by atoms with Gasteiger partial charge in [-0.2, -0.15) is 0 Å². The zero-order valence-corrected chi connectivity index (χ0v) is 13.2. The Kier molecular flexibility index (Phi) is 3.98. The summed E-state index contributed by atoms with van der Waals surface area (Å²) < 4.78 is 0. The van der Waals surface area contributed by atoms with Crippen LogP contribution in [0.2, 0.25) is 0 Å². The van der Waals surface area contributed by atoms with Crippen LogP contribution in [0.4, 0.5) is 5.69 Å². The normalized spacial score (nSPS) is 12.2. The molecular weight excluding hydrogens is 294 g/mol. The summed E-state index contributed by atoms with van der Waals surface area (Å²) in [5.41, 5.74) is 4.56. The first-order valence-electron chi connectivity index (χ1n) is 8.03. The first-order chi connectivity index (χ1) is 11.9. The van der Waals surface area contributed by atoms with Crippen molar-refractivity contribution in [3.05, 3.63) is 103 Å². The molecule has 2 aromatic carbocycles. The molecule has 3 heteroatoms. The van der Waals surface area contributed by atoms with Gasteiger partial charge < -0.3 is 10.3 Å². The molecule has 0 bridgehead atoms. The van der Waals surface area contributed by atoms with Crippen molar-refractivity contribution in [2.24, 2.45) is 0 Å². The summed E-state index contributed by atoms with van der Waals surface area (Å²) in [7, 11) is 0. The van der Waals surface area contributed by atoms with E-state index in [0.29, 0.717) is 0 Å². The van der Waals surface area contributed by atoms with E-state index in [4.69, 9.17) is 0 Å². The van der Waals surface area contributed by atoms with E-state index in [9.17, 15) is 0 Å². The van der Waals surface area contributed by atoms with Gasteiger partial charge in [-0.15, -0.1) is 0 Å². The largest absolute Gasteiger partial charge is 0.376 e. The summed E-state index contributed by atoms with van der Waals surface area (Å²) in [6.07, 6.45) is 7.94. The summed E-state index contributed by atoms with van der Waals surface area (Å²) >= 11 is 0. The Bertz CT molecular complexity index is 913. The van der Waals surface area contributed by atoms with Crippen molar-refractivity contribution in [2.75, 3.05) is 5.32 Å². The van der Waals surface area contributed by atoms with Crippen molar-refractivity contribution in [1.29, 1.82) is 0 Å². The predicted molar refractivity (Wildman–Crippen MR) is 98.7 cm³/mol. The Hall–Kier alpha value is -3.07. The summed E-state index contributed by atoms with van der Waals surface area (Å²) in [6.45, 7) is 0. The minimum absolute atomic E-state index is 0.0645. The van der Waals surface area contributed by atoms with E-state index in [0.717, 1.165) is 11.2 Å². The Labute approximate surface area is 141 Å². The van der Waals surface area contributed by atoms with E-state index in [2.05, 4.69) is 70.4 Å². The van der Waals surface area contributed by atoms with Crippen molar-refractivity contribution >= 4 is 16.6 Å². The number of fused-ring (bicyclic) bond motifs is 1. The van der Waals surface area contributed by atoms with Crippen LogP contribution in [0.1, 0.15) is 17.2 Å². The molecule has 0 aliphatic carbocycles. The molecule has 117 valence electrons. The Morgan fingerprint density at radius 1 is 0.917 bits per heavy atom. The minimum atomic E-state index is 0.0645. The highest BCUT2D eigenvalue weighted by atomic mass is 14.9. The van der Waals surface area contributed by atoms with Gasteiger partial charge in [0.05, 0.1) is 11.7 Å². The lowest BCUT2D eigenvalue weighted by Gasteiger charge is -2.20. The molecule has 1 radical (unpaired) electrons. The van der Waals surface area contributed by atoms with Gasteiger partial charge in [-0.05, 0) is 29.3 Å². The lowest BCUT2D eigenvalue weighted by atomic mass is 9.98. The molecular formula is C21H18N3. The van der Waals surface area contributed by atoms with Crippen LogP contribution in [0, 0.1) is 6.42 Å². The minimum Gasteiger partial charge on any atom is -0.376 e. The number of nitrogens with one attached hydrogen (secondary N) is 2. The van der Waals surface area contributed by atoms with E-state index in [1.807, 2.05) is 30.5 Å². The number of benzene rings is 2. The molecule has 0 spiro atoms. The Balaban J connectivity index is 1.67. The SMILES string of the molecule is [CH](c1c[nH]c2ccccc12)C(Nc1cccnc1)c1ccccc1. The van der Waals surface area contributed by atoms with Gasteiger partial charge in [0.25, 0.3) is 0 Å². The maximum Gasteiger partial charge on any atom is 0.0590 e. The van der Waals surface area contributed by atoms with Crippen LogP contribution in [-0.4, -0.2) is 9.97 Å². The molecule has 0 fully saturated rings. The molecule has 4 rings (SSSR count). The smallest absolute Gasteiger partial charge is 0.0590 e. The highest BCUT2D eigenvalue weighted by Crippen LogP contribution is 2.28. The molecule has 0 saturated heterocycles. The number of para-hydroxylation sites is 1. The van der Waals surface area contributed by atoms with Crippen LogP contribution < -0.4 is 5.32 Å². The number of hydrogen-bond acceptors (Lipinski definition) is 2. The molecule has 3 nitrogen and oxygen atoms in total. The lowest BCUT2D eigenvalue weighted by molar-refractivity contribution is 0.922. The lowest BCUT2D eigenvalue weighted by Crippen LogP contribution is -2.12. The molecule has 1 unspecified atom stereocenters. The fourth-order valence-electron chi connectivity index (χ4n) is 2.92. The van der Waals surface area contributed by atoms with Crippen LogP contribution in [0.3, 0.4) is 0 Å². The number of rotatable bonds is 5. The van der Waals surface area contributed by atoms with Crippen LogP contribution in [0.25, 0.3) is 10.9 Å². The van der Waals surface area contributed by atoms with Gasteiger partial charge in [0.15, 0.2) is 0 Å². The second-order valence-corrected chi connectivity index (χ2v) is 5.73. The van der Waals surface area contributed by atoms with Gasteiger partial charge in [0, 0.05) is 35.9 Å². The number of aromatic nitrogens is 2. The van der Waals surface area contributed by atoms with Crippen LogP contribution >= 0.6 is 0 Å². The summed E-state index contributed by atoms with van der Waals surface area (Å²) in [4.78, 5) is 7.53. The monoisotopic (exact) mass is 312 g/mol. The molecule has 0 aliphatic heterocycles. The Morgan fingerprint density at radius 2 is 1.75 bits per heavy atom. The fourth-order valence-corrected chi connectivity index (χ4v) is 2.92. The highest BCUT2D eigenvalue weighted by molar-refractivity contribution is 5.84. The first kappa shape index (κ1) is 14.5. The van der Waals surface area contributed by atoms with Crippen molar-refractivity contribution < 1.29 is 0 Å². The van der Waals surface area contributed by atoms with Gasteiger partial charge in [-0.25, -0.2) is 0 Å². The second-order valence-electron chi connectivity index (χ2n) is 5.73. The molecule has 2 aromatic heterocycles. The molecule has 2 N–H and O–H groups in total. The van der Waals surface area contributed by atoms with E-state index in [1.54, 1.807) is 6.20 Å². The third kappa shape index (κ3) is 3.01. The van der Waals surface area contributed by atoms with Crippen molar-refractivity contribution in [3.63, 3.8) is 0 Å². The third-order valence-electron chi connectivity index (χ3n) is 4.11. The topological polar surface area (TPSA) is 40.7 Å². The summed E-state index contributed by atoms with van der Waals surface area (Å²) in [5.74, 6) is 0. The van der Waals surface area contributed by atoms with Crippen molar-refractivity contribution in [1.82, 2.24) is 9.97 Å². The van der Waals surface area contributed by atoms with Gasteiger partial charge in [0.2, 0.25) is 0 Å². The predicted octanol–water partition coefficient (Wildman–Crippen LogP) is 4.97. The summed E-state index contributed by atoms with van der Waals surface area (Å²) in [5, 5.41) is 4.79. The van der Waals surface area contributed by atoms with Crippen LogP contribution in [0.5, 0.6) is 0 Å². The second kappa shape index (κ2) is 6.59. The zero-order chi connectivity index (χ0) is 16.2. The number of nitrogens with zero attached hydrogens (tertiary/aromatic N) is 1. The maximum absolute atomic E-state index is 4.20. The Morgan fingerprint density at radius 3 is 2.58 bits per heavy atom. The quantitative estimate of drug-likeness (QED) is 0.546. The average molecular weight is 312 g/mol. The van der Waals surface area contributed by atoms with E-state index in [-0.39, 0.29) is 6.04 Å². The number of hydrogen-bond donors (Lipinski definition) is 2. The number of H-pyrrole nitrogens is 1. The summed E-state index contributed by atoms with van der Waals surface area (Å²) in [6, 6.07) is 22.8. The van der Waals surface area contributed by atoms with Crippen molar-refractivity contribution in [2.45, 2.75) is 6.04 Å². The fraction of sp³-hybridized carbons (Fsp3) is 0.0476. The average Bonchev–Trinajstić information content (AvgIpc) is 3.06. The van der Waals surface area contributed by atoms with Crippen LogP contribution in [0.15, 0.2) is 85.3 Å². The molecule has 4 aromatic rings. The number of aromatic amines is 1.